The molecule has 0 saturated carbocycles. The van der Waals surface area contributed by atoms with E-state index in [1.807, 2.05) is 31.2 Å². The van der Waals surface area contributed by atoms with Crippen LogP contribution in [0.15, 0.2) is 144 Å². The van der Waals surface area contributed by atoms with E-state index in [0.717, 1.165) is 28.2 Å². The fourth-order valence-corrected chi connectivity index (χ4v) is 9.36. The van der Waals surface area contributed by atoms with E-state index in [2.05, 4.69) is 123 Å². The van der Waals surface area contributed by atoms with Crippen molar-refractivity contribution >= 4 is 26.9 Å². The number of rotatable bonds is 4. The molecule has 1 aromatic heterocycles. The third-order valence-corrected chi connectivity index (χ3v) is 12.3. The molecule has 0 unspecified atom stereocenters. The Bertz CT molecular complexity index is 2240. The highest BCUT2D eigenvalue weighted by Crippen LogP contribution is 2.52. The van der Waals surface area contributed by atoms with Crippen LogP contribution in [0, 0.1) is 6.92 Å². The Morgan fingerprint density at radius 2 is 1.04 bits per heavy atom. The van der Waals surface area contributed by atoms with Crippen LogP contribution in [0.5, 0.6) is 0 Å². The predicted octanol–water partition coefficient (Wildman–Crippen LogP) is 10.2. The molecule has 0 spiro atoms. The zero-order valence-corrected chi connectivity index (χ0v) is 28.7. The molecule has 5 heteroatoms. The molecule has 6 aromatic rings. The maximum Gasteiger partial charge on any atom is 0.223 e. The van der Waals surface area contributed by atoms with Gasteiger partial charge in [0.15, 0.2) is 5.03 Å². The second-order valence-electron chi connectivity index (χ2n) is 14.1. The zero-order chi connectivity index (χ0) is 33.4. The molecule has 0 fully saturated rings. The van der Waals surface area contributed by atoms with Gasteiger partial charge in [0, 0.05) is 16.7 Å². The van der Waals surface area contributed by atoms with Crippen LogP contribution in [0.3, 0.4) is 0 Å². The van der Waals surface area contributed by atoms with E-state index in [0.29, 0.717) is 0 Å². The number of aromatic nitrogens is 1. The van der Waals surface area contributed by atoms with E-state index in [9.17, 15) is 8.42 Å². The number of hydrogen-bond donors (Lipinski definition) is 0. The maximum atomic E-state index is 14.0. The molecule has 5 aromatic carbocycles. The average molecular weight is 647 g/mol. The first-order valence-electron chi connectivity index (χ1n) is 16.5. The highest BCUT2D eigenvalue weighted by atomic mass is 32.2. The fourth-order valence-electron chi connectivity index (χ4n) is 8.10. The summed E-state index contributed by atoms with van der Waals surface area (Å²) in [6.07, 6.45) is 1.71. The molecule has 238 valence electrons. The van der Waals surface area contributed by atoms with Crippen LogP contribution < -0.4 is 4.90 Å². The quantitative estimate of drug-likeness (QED) is 0.191. The SMILES string of the molecule is Cc1cc(S(=O)(=O)c2ccc(C3c4ccccc4C(C)(C)c4ccccc43)cc2)ncc1N1c2ccccc2C(C)(C)c2ccccc21. The zero-order valence-electron chi connectivity index (χ0n) is 27.9. The van der Waals surface area contributed by atoms with Gasteiger partial charge in [-0.15, -0.1) is 0 Å². The van der Waals surface area contributed by atoms with E-state index >= 15 is 0 Å². The molecule has 1 aliphatic carbocycles. The van der Waals surface area contributed by atoms with Gasteiger partial charge in [0.25, 0.3) is 0 Å². The number of sulfone groups is 1. The molecule has 4 nitrogen and oxygen atoms in total. The van der Waals surface area contributed by atoms with Crippen molar-refractivity contribution in [2.75, 3.05) is 4.90 Å². The molecule has 0 saturated heterocycles. The third-order valence-electron chi connectivity index (χ3n) is 10.6. The average Bonchev–Trinajstić information content (AvgIpc) is 3.09. The van der Waals surface area contributed by atoms with Crippen LogP contribution in [0.1, 0.15) is 78.1 Å². The van der Waals surface area contributed by atoms with Crippen molar-refractivity contribution in [2.24, 2.45) is 0 Å². The molecular formula is C43H38N2O2S. The Hall–Kier alpha value is -5.00. The van der Waals surface area contributed by atoms with Gasteiger partial charge >= 0.3 is 0 Å². The minimum atomic E-state index is -3.87. The Morgan fingerprint density at radius 3 is 1.56 bits per heavy atom. The number of fused-ring (bicyclic) bond motifs is 4. The summed E-state index contributed by atoms with van der Waals surface area (Å²) in [6, 6.07) is 43.2. The molecule has 8 rings (SSSR count). The van der Waals surface area contributed by atoms with E-state index < -0.39 is 9.84 Å². The van der Waals surface area contributed by atoms with Gasteiger partial charge in [0.2, 0.25) is 9.84 Å². The van der Waals surface area contributed by atoms with Crippen LogP contribution in [-0.2, 0) is 20.7 Å². The number of nitrogens with zero attached hydrogens (tertiary/aromatic N) is 2. The van der Waals surface area contributed by atoms with Crippen LogP contribution in [-0.4, -0.2) is 13.4 Å². The Balaban J connectivity index is 1.16. The van der Waals surface area contributed by atoms with Crippen molar-refractivity contribution < 1.29 is 8.42 Å². The molecule has 0 amide bonds. The van der Waals surface area contributed by atoms with Gasteiger partial charge < -0.3 is 4.90 Å². The molecule has 0 radical (unpaired) electrons. The summed E-state index contributed by atoms with van der Waals surface area (Å²) in [7, 11) is -3.87. The lowest BCUT2D eigenvalue weighted by Gasteiger charge is -2.42. The third kappa shape index (κ3) is 4.41. The van der Waals surface area contributed by atoms with Gasteiger partial charge in [-0.05, 0) is 81.8 Å². The van der Waals surface area contributed by atoms with Gasteiger partial charge in [0.05, 0.1) is 28.2 Å². The molecule has 0 N–H and O–H groups in total. The second-order valence-corrected chi connectivity index (χ2v) is 16.0. The van der Waals surface area contributed by atoms with Gasteiger partial charge in [0.1, 0.15) is 0 Å². The number of hydrogen-bond acceptors (Lipinski definition) is 4. The van der Waals surface area contributed by atoms with Gasteiger partial charge in [-0.2, -0.15) is 0 Å². The number of para-hydroxylation sites is 2. The fraction of sp³-hybridized carbons (Fsp3) is 0.186. The Labute approximate surface area is 283 Å². The minimum absolute atomic E-state index is 0.0158. The highest BCUT2D eigenvalue weighted by Gasteiger charge is 2.39. The summed E-state index contributed by atoms with van der Waals surface area (Å²) in [5, 5.41) is 0.0468. The second kappa shape index (κ2) is 10.8. The van der Waals surface area contributed by atoms with Crippen LogP contribution in [0.4, 0.5) is 17.1 Å². The van der Waals surface area contributed by atoms with Gasteiger partial charge in [-0.25, -0.2) is 13.4 Å². The predicted molar refractivity (Wildman–Crippen MR) is 194 cm³/mol. The van der Waals surface area contributed by atoms with E-state index in [1.54, 1.807) is 24.4 Å². The number of benzene rings is 5. The molecule has 1 aliphatic heterocycles. The van der Waals surface area contributed by atoms with Crippen LogP contribution >= 0.6 is 0 Å². The van der Waals surface area contributed by atoms with Crippen molar-refractivity contribution in [3.63, 3.8) is 0 Å². The molecule has 2 heterocycles. The smallest absolute Gasteiger partial charge is 0.223 e. The van der Waals surface area contributed by atoms with Crippen LogP contribution in [0.25, 0.3) is 0 Å². The monoisotopic (exact) mass is 646 g/mol. The number of anilines is 3. The highest BCUT2D eigenvalue weighted by molar-refractivity contribution is 7.91. The summed E-state index contributed by atoms with van der Waals surface area (Å²) < 4.78 is 28.1. The van der Waals surface area contributed by atoms with Crippen molar-refractivity contribution in [1.29, 1.82) is 0 Å². The van der Waals surface area contributed by atoms with Gasteiger partial charge in [-0.1, -0.05) is 125 Å². The van der Waals surface area contributed by atoms with Crippen molar-refractivity contribution in [3.05, 3.63) is 178 Å². The first kappa shape index (κ1) is 30.3. The maximum absolute atomic E-state index is 14.0. The topological polar surface area (TPSA) is 50.3 Å². The summed E-state index contributed by atoms with van der Waals surface area (Å²) in [4.78, 5) is 7.05. The van der Waals surface area contributed by atoms with Crippen molar-refractivity contribution in [3.8, 4) is 0 Å². The summed E-state index contributed by atoms with van der Waals surface area (Å²) >= 11 is 0. The Morgan fingerprint density at radius 1 is 0.583 bits per heavy atom. The number of pyridine rings is 1. The van der Waals surface area contributed by atoms with Crippen LogP contribution in [0.2, 0.25) is 0 Å². The van der Waals surface area contributed by atoms with E-state index in [4.69, 9.17) is 0 Å². The lowest BCUT2D eigenvalue weighted by Crippen LogP contribution is -2.30. The molecule has 0 bridgehead atoms. The standard InChI is InChI=1S/C43H38N2O2S/c1-28-26-40(44-27-39(28)45-37-20-12-10-18-35(37)43(4,5)36-19-11-13-21-38(36)45)48(46,47)30-24-22-29(23-25-30)41-31-14-6-8-16-33(31)42(2,3)34-17-9-7-15-32(34)41/h6-27,41H,1-5H3. The van der Waals surface area contributed by atoms with Crippen molar-refractivity contribution in [2.45, 2.75) is 61.3 Å². The minimum Gasteiger partial charge on any atom is -0.308 e. The molecule has 48 heavy (non-hydrogen) atoms. The van der Waals surface area contributed by atoms with Crippen molar-refractivity contribution in [1.82, 2.24) is 4.98 Å². The summed E-state index contributed by atoms with van der Waals surface area (Å²) in [6.45, 7) is 11.0. The first-order chi connectivity index (χ1) is 23.0. The van der Waals surface area contributed by atoms with E-state index in [-0.39, 0.29) is 26.7 Å². The molecular weight excluding hydrogens is 609 g/mol. The largest absolute Gasteiger partial charge is 0.308 e. The molecule has 0 atom stereocenters. The summed E-state index contributed by atoms with van der Waals surface area (Å²) in [5.41, 5.74) is 12.1. The first-order valence-corrected chi connectivity index (χ1v) is 18.0. The lowest BCUT2D eigenvalue weighted by molar-refractivity contribution is 0.592. The van der Waals surface area contributed by atoms with Gasteiger partial charge in [-0.3, -0.25) is 0 Å². The summed E-state index contributed by atoms with van der Waals surface area (Å²) in [5.74, 6) is 0.0158. The lowest BCUT2D eigenvalue weighted by atomic mass is 9.64. The number of aryl methyl sites for hydroxylation is 1. The Kier molecular flexibility index (Phi) is 6.80. The molecule has 2 aliphatic rings. The van der Waals surface area contributed by atoms with E-state index in [1.165, 1.54) is 33.4 Å². The normalized spacial score (nSPS) is 16.0.